The summed E-state index contributed by atoms with van der Waals surface area (Å²) in [6, 6.07) is 13.2. The molecule has 0 aliphatic heterocycles. The van der Waals surface area contributed by atoms with E-state index in [-0.39, 0.29) is 24.1 Å². The van der Waals surface area contributed by atoms with E-state index in [1.165, 1.54) is 6.33 Å². The van der Waals surface area contributed by atoms with E-state index in [1.54, 1.807) is 19.1 Å². The van der Waals surface area contributed by atoms with E-state index in [9.17, 15) is 10.1 Å². The molecule has 1 heterocycles. The fourth-order valence-corrected chi connectivity index (χ4v) is 2.16. The molecule has 0 saturated carbocycles. The number of ether oxygens (including phenoxy) is 2. The van der Waals surface area contributed by atoms with E-state index in [1.807, 2.05) is 30.3 Å². The summed E-state index contributed by atoms with van der Waals surface area (Å²) >= 11 is 0. The van der Waals surface area contributed by atoms with Crippen LogP contribution in [0.5, 0.6) is 17.5 Å². The Labute approximate surface area is 131 Å². The van der Waals surface area contributed by atoms with E-state index in [4.69, 9.17) is 9.47 Å². The Bertz CT molecular complexity index is 867. The molecule has 2 aromatic carbocycles. The highest BCUT2D eigenvalue weighted by atomic mass is 16.6. The van der Waals surface area contributed by atoms with Crippen LogP contribution in [0.15, 0.2) is 48.8 Å². The molecule has 3 rings (SSSR count). The predicted molar refractivity (Wildman–Crippen MR) is 83.9 cm³/mol. The lowest BCUT2D eigenvalue weighted by molar-refractivity contribution is -0.387. The maximum Gasteiger partial charge on any atom is 0.392 e. The van der Waals surface area contributed by atoms with Crippen molar-refractivity contribution in [3.8, 4) is 17.5 Å². The van der Waals surface area contributed by atoms with Crippen LogP contribution in [0.1, 0.15) is 6.92 Å². The zero-order valence-corrected chi connectivity index (χ0v) is 12.3. The molecule has 116 valence electrons. The van der Waals surface area contributed by atoms with Gasteiger partial charge in [0.25, 0.3) is 0 Å². The molecule has 1 aromatic heterocycles. The standard InChI is InChI=1S/C16H13N3O4/c1-2-22-15-14(19(20)21)16(18-10-17-15)23-13-8-7-11-5-3-4-6-12(11)9-13/h3-10H,2H2,1H3. The van der Waals surface area contributed by atoms with Crippen LogP contribution in [0.2, 0.25) is 0 Å². The quantitative estimate of drug-likeness (QED) is 0.527. The number of nitrogens with zero attached hydrogens (tertiary/aromatic N) is 3. The summed E-state index contributed by atoms with van der Waals surface area (Å²) in [4.78, 5) is 18.3. The van der Waals surface area contributed by atoms with Crippen molar-refractivity contribution in [2.24, 2.45) is 0 Å². The lowest BCUT2D eigenvalue weighted by atomic mass is 10.1. The molecule has 0 radical (unpaired) electrons. The second kappa shape index (κ2) is 6.27. The molecule has 0 bridgehead atoms. The summed E-state index contributed by atoms with van der Waals surface area (Å²) < 4.78 is 10.8. The van der Waals surface area contributed by atoms with Gasteiger partial charge in [0.15, 0.2) is 0 Å². The summed E-state index contributed by atoms with van der Waals surface area (Å²) in [6.45, 7) is 1.98. The third-order valence-corrected chi connectivity index (χ3v) is 3.15. The van der Waals surface area contributed by atoms with Crippen molar-refractivity contribution in [1.29, 1.82) is 0 Å². The molecule has 7 heteroatoms. The smallest absolute Gasteiger partial charge is 0.392 e. The van der Waals surface area contributed by atoms with E-state index in [2.05, 4.69) is 9.97 Å². The van der Waals surface area contributed by atoms with E-state index in [0.29, 0.717) is 5.75 Å². The van der Waals surface area contributed by atoms with Crippen LogP contribution in [0.25, 0.3) is 10.8 Å². The van der Waals surface area contributed by atoms with Crippen LogP contribution in [0.3, 0.4) is 0 Å². The van der Waals surface area contributed by atoms with Crippen LogP contribution in [0, 0.1) is 10.1 Å². The summed E-state index contributed by atoms with van der Waals surface area (Å²) in [5, 5.41) is 13.3. The van der Waals surface area contributed by atoms with Crippen molar-refractivity contribution in [2.45, 2.75) is 6.92 Å². The summed E-state index contributed by atoms with van der Waals surface area (Å²) in [5.74, 6) is 0.194. The van der Waals surface area contributed by atoms with Crippen molar-refractivity contribution >= 4 is 16.5 Å². The number of fused-ring (bicyclic) bond motifs is 1. The number of nitro groups is 1. The lowest BCUT2D eigenvalue weighted by Crippen LogP contribution is -2.03. The third kappa shape index (κ3) is 3.03. The zero-order chi connectivity index (χ0) is 16.2. The molecule has 0 spiro atoms. The monoisotopic (exact) mass is 311 g/mol. The minimum absolute atomic E-state index is 0.108. The van der Waals surface area contributed by atoms with Gasteiger partial charge in [-0.05, 0) is 29.8 Å². The maximum absolute atomic E-state index is 11.3. The number of benzene rings is 2. The summed E-state index contributed by atoms with van der Waals surface area (Å²) in [7, 11) is 0. The normalized spacial score (nSPS) is 10.5. The van der Waals surface area contributed by atoms with Crippen molar-refractivity contribution in [3.63, 3.8) is 0 Å². The highest BCUT2D eigenvalue weighted by Gasteiger charge is 2.26. The zero-order valence-electron chi connectivity index (χ0n) is 12.3. The number of hydrogen-bond donors (Lipinski definition) is 0. The lowest BCUT2D eigenvalue weighted by Gasteiger charge is -2.08. The molecule has 0 aliphatic rings. The van der Waals surface area contributed by atoms with Crippen molar-refractivity contribution < 1.29 is 14.4 Å². The van der Waals surface area contributed by atoms with Gasteiger partial charge < -0.3 is 9.47 Å². The highest BCUT2D eigenvalue weighted by molar-refractivity contribution is 5.83. The first-order valence-corrected chi connectivity index (χ1v) is 6.98. The van der Waals surface area contributed by atoms with E-state index >= 15 is 0 Å². The van der Waals surface area contributed by atoms with Crippen LogP contribution < -0.4 is 9.47 Å². The van der Waals surface area contributed by atoms with Gasteiger partial charge in [-0.2, -0.15) is 9.97 Å². The van der Waals surface area contributed by atoms with Crippen molar-refractivity contribution in [3.05, 3.63) is 58.9 Å². The first-order valence-electron chi connectivity index (χ1n) is 6.98. The number of aromatic nitrogens is 2. The topological polar surface area (TPSA) is 87.4 Å². The second-order valence-electron chi connectivity index (χ2n) is 4.63. The molecule has 0 aliphatic carbocycles. The minimum atomic E-state index is -0.610. The average Bonchev–Trinajstić information content (AvgIpc) is 2.55. The molecule has 3 aromatic rings. The van der Waals surface area contributed by atoms with Gasteiger partial charge in [-0.1, -0.05) is 30.3 Å². The maximum atomic E-state index is 11.3. The Morgan fingerprint density at radius 2 is 1.83 bits per heavy atom. The molecule has 23 heavy (non-hydrogen) atoms. The molecule has 7 nitrogen and oxygen atoms in total. The fraction of sp³-hybridized carbons (Fsp3) is 0.125. The van der Waals surface area contributed by atoms with E-state index < -0.39 is 4.92 Å². The molecule has 0 saturated heterocycles. The third-order valence-electron chi connectivity index (χ3n) is 3.15. The van der Waals surface area contributed by atoms with Crippen molar-refractivity contribution in [1.82, 2.24) is 9.97 Å². The van der Waals surface area contributed by atoms with Gasteiger partial charge >= 0.3 is 17.4 Å². The highest BCUT2D eigenvalue weighted by Crippen LogP contribution is 2.36. The molecule has 0 fully saturated rings. The van der Waals surface area contributed by atoms with E-state index in [0.717, 1.165) is 10.8 Å². The summed E-state index contributed by atoms with van der Waals surface area (Å²) in [5.41, 5.74) is -0.387. The number of hydrogen-bond acceptors (Lipinski definition) is 6. The van der Waals surface area contributed by atoms with Crippen molar-refractivity contribution in [2.75, 3.05) is 6.61 Å². The Morgan fingerprint density at radius 3 is 2.57 bits per heavy atom. The first kappa shape index (κ1) is 14.7. The summed E-state index contributed by atoms with van der Waals surface area (Å²) in [6.07, 6.45) is 1.17. The Balaban J connectivity index is 2.00. The molecule has 0 amide bonds. The molecule has 0 N–H and O–H groups in total. The molecule has 0 unspecified atom stereocenters. The van der Waals surface area contributed by atoms with Gasteiger partial charge in [-0.15, -0.1) is 0 Å². The predicted octanol–water partition coefficient (Wildman–Crippen LogP) is 3.73. The second-order valence-corrected chi connectivity index (χ2v) is 4.63. The average molecular weight is 311 g/mol. The van der Waals surface area contributed by atoms with Crippen LogP contribution in [-0.4, -0.2) is 21.5 Å². The van der Waals surface area contributed by atoms with Gasteiger partial charge in [-0.25, -0.2) is 0 Å². The molecular weight excluding hydrogens is 298 g/mol. The minimum Gasteiger partial charge on any atom is -0.473 e. The van der Waals surface area contributed by atoms with Gasteiger partial charge in [-0.3, -0.25) is 10.1 Å². The number of rotatable bonds is 5. The largest absolute Gasteiger partial charge is 0.473 e. The molecular formula is C16H13N3O4. The fourth-order valence-electron chi connectivity index (χ4n) is 2.16. The van der Waals surface area contributed by atoms with Gasteiger partial charge in [0.2, 0.25) is 0 Å². The first-order chi connectivity index (χ1) is 11.2. The Morgan fingerprint density at radius 1 is 1.09 bits per heavy atom. The van der Waals surface area contributed by atoms with Gasteiger partial charge in [0, 0.05) is 0 Å². The van der Waals surface area contributed by atoms with Crippen LogP contribution in [-0.2, 0) is 0 Å². The van der Waals surface area contributed by atoms with Crippen LogP contribution >= 0.6 is 0 Å². The van der Waals surface area contributed by atoms with Crippen LogP contribution in [0.4, 0.5) is 5.69 Å². The Kier molecular flexibility index (Phi) is 4.01. The SMILES string of the molecule is CCOc1ncnc(Oc2ccc3ccccc3c2)c1[N+](=O)[O-]. The van der Waals surface area contributed by atoms with Gasteiger partial charge in [0.1, 0.15) is 12.1 Å². The van der Waals surface area contributed by atoms with Gasteiger partial charge in [0.05, 0.1) is 11.5 Å². The molecule has 0 atom stereocenters. The Hall–Kier alpha value is -3.22.